The molecule has 0 saturated heterocycles. The Bertz CT molecular complexity index is 5140. The molecule has 1 saturated carbocycles. The van der Waals surface area contributed by atoms with Crippen LogP contribution in [0, 0.1) is 60.3 Å². The molecule has 9 aromatic rings. The van der Waals surface area contributed by atoms with E-state index in [1.54, 1.807) is 11.8 Å². The lowest BCUT2D eigenvalue weighted by Gasteiger charge is -2.32. The minimum absolute atomic E-state index is 0. The monoisotopic (exact) mass is 1870 g/mol. The molecule has 9 aromatic carbocycles. The fraction of sp³-hybridized carbons (Fsp3) is 0.568. The summed E-state index contributed by atoms with van der Waals surface area (Å²) in [4.78, 5) is 2.27. The van der Waals surface area contributed by atoms with E-state index in [2.05, 4.69) is 384 Å². The number of rotatable bonds is 8. The van der Waals surface area contributed by atoms with Crippen LogP contribution in [0.25, 0.3) is 0 Å². The van der Waals surface area contributed by atoms with Gasteiger partial charge < -0.3 is 46.0 Å². The van der Waals surface area contributed by atoms with E-state index in [-0.39, 0.29) is 77.7 Å². The highest BCUT2D eigenvalue weighted by Gasteiger charge is 2.36. The molecule has 10 rings (SSSR count). The van der Waals surface area contributed by atoms with Crippen molar-refractivity contribution in [3.05, 3.63) is 248 Å². The zero-order chi connectivity index (χ0) is 105. The Hall–Kier alpha value is -8.47. The summed E-state index contributed by atoms with van der Waals surface area (Å²) < 4.78 is 0. The van der Waals surface area contributed by atoms with E-state index in [9.17, 15) is 46.0 Å². The Morgan fingerprint density at radius 3 is 0.726 bits per heavy atom. The Morgan fingerprint density at radius 2 is 0.481 bits per heavy atom. The van der Waals surface area contributed by atoms with Crippen LogP contribution in [-0.2, 0) is 76.8 Å². The molecule has 9 N–H and O–H groups in total. The summed E-state index contributed by atoms with van der Waals surface area (Å²) in [5, 5.41) is 94.2. The van der Waals surface area contributed by atoms with Crippen molar-refractivity contribution in [2.24, 2.45) is 11.8 Å². The highest BCUT2D eigenvalue weighted by molar-refractivity contribution is 7.99. The van der Waals surface area contributed by atoms with Gasteiger partial charge in [0.05, 0.1) is 0 Å². The van der Waals surface area contributed by atoms with Crippen LogP contribution in [0.15, 0.2) is 119 Å². The summed E-state index contributed by atoms with van der Waals surface area (Å²) in [6, 6.07) is 37.2. The maximum Gasteiger partial charge on any atom is 0.123 e. The van der Waals surface area contributed by atoms with Crippen molar-refractivity contribution in [2.45, 2.75) is 463 Å². The number of aryl methyl sites for hydroxylation is 7. The lowest BCUT2D eigenvalue weighted by molar-refractivity contribution is 0.346. The largest absolute Gasteiger partial charge is 0.508 e. The minimum atomic E-state index is -0.130. The fourth-order valence-electron chi connectivity index (χ4n) is 18.1. The second-order valence-corrected chi connectivity index (χ2v) is 54.7. The molecular weight excluding hydrogens is 1680 g/mol. The van der Waals surface area contributed by atoms with Gasteiger partial charge in [-0.15, -0.1) is 0 Å². The van der Waals surface area contributed by atoms with Gasteiger partial charge in [0.2, 0.25) is 0 Å². The van der Waals surface area contributed by atoms with Gasteiger partial charge in [0, 0.05) is 28.3 Å². The van der Waals surface area contributed by atoms with Crippen molar-refractivity contribution in [1.29, 1.82) is 0 Å². The zero-order valence-corrected chi connectivity index (χ0v) is 95.0. The van der Waals surface area contributed by atoms with E-state index >= 15 is 0 Å². The van der Waals surface area contributed by atoms with Gasteiger partial charge in [-0.05, 0) is 327 Å². The van der Waals surface area contributed by atoms with Crippen LogP contribution in [-0.4, -0.2) is 46.0 Å². The van der Waals surface area contributed by atoms with Gasteiger partial charge in [-0.3, -0.25) is 0 Å². The summed E-state index contributed by atoms with van der Waals surface area (Å²) >= 11 is 1.70. The second-order valence-electron chi connectivity index (χ2n) is 53.6. The second kappa shape index (κ2) is 42.7. The molecule has 0 atom stereocenters. The molecule has 0 aromatic heterocycles. The molecule has 1 fully saturated rings. The first kappa shape index (κ1) is 117. The van der Waals surface area contributed by atoms with Crippen LogP contribution < -0.4 is 0 Å². The van der Waals surface area contributed by atoms with Crippen molar-refractivity contribution >= 4 is 11.8 Å². The Balaban J connectivity index is 0.000000343. The molecule has 750 valence electrons. The first-order valence-corrected chi connectivity index (χ1v) is 50.7. The summed E-state index contributed by atoms with van der Waals surface area (Å²) in [5.74, 6) is 5.74. The first-order valence-electron chi connectivity index (χ1n) is 49.8. The van der Waals surface area contributed by atoms with Crippen molar-refractivity contribution in [1.82, 2.24) is 0 Å². The predicted octanol–water partition coefficient (Wildman–Crippen LogP) is 35.6. The number of hydrogen-bond donors (Lipinski definition) is 9. The van der Waals surface area contributed by atoms with Crippen LogP contribution in [0.4, 0.5) is 0 Å². The number of hydrogen-bond acceptors (Lipinski definition) is 10. The Morgan fingerprint density at radius 1 is 0.259 bits per heavy atom. The molecule has 0 heterocycles. The zero-order valence-electron chi connectivity index (χ0n) is 94.2. The number of aromatic hydroxyl groups is 9. The van der Waals surface area contributed by atoms with Crippen molar-refractivity contribution in [3.63, 3.8) is 0 Å². The van der Waals surface area contributed by atoms with Gasteiger partial charge in [0.25, 0.3) is 0 Å². The molecule has 0 radical (unpaired) electrons. The van der Waals surface area contributed by atoms with Crippen LogP contribution in [0.1, 0.15) is 469 Å². The van der Waals surface area contributed by atoms with Crippen molar-refractivity contribution < 1.29 is 47.4 Å². The van der Waals surface area contributed by atoms with Crippen LogP contribution in [0.2, 0.25) is 0 Å². The lowest BCUT2D eigenvalue weighted by Crippen LogP contribution is -2.21. The molecule has 0 amide bonds. The topological polar surface area (TPSA) is 182 Å². The van der Waals surface area contributed by atoms with Gasteiger partial charge in [0.15, 0.2) is 0 Å². The van der Waals surface area contributed by atoms with Crippen molar-refractivity contribution in [3.8, 4) is 51.7 Å². The third-order valence-corrected chi connectivity index (χ3v) is 28.1. The molecule has 135 heavy (non-hydrogen) atoms. The number of phenols is 9. The van der Waals surface area contributed by atoms with Crippen LogP contribution in [0.5, 0.6) is 51.7 Å². The third kappa shape index (κ3) is 31.3. The van der Waals surface area contributed by atoms with E-state index in [4.69, 9.17) is 0 Å². The summed E-state index contributed by atoms with van der Waals surface area (Å²) in [6.07, 6.45) is 6.05. The van der Waals surface area contributed by atoms with E-state index in [1.807, 2.05) is 64.1 Å². The Kier molecular flexibility index (Phi) is 37.0. The average molecular weight is 1870 g/mol. The van der Waals surface area contributed by atoms with E-state index < -0.39 is 0 Å². The highest BCUT2D eigenvalue weighted by atomic mass is 32.2. The van der Waals surface area contributed by atoms with Gasteiger partial charge in [-0.1, -0.05) is 382 Å². The maximum absolute atomic E-state index is 10.8. The van der Waals surface area contributed by atoms with Gasteiger partial charge in [-0.2, -0.15) is 0 Å². The number of benzene rings is 9. The molecule has 0 unspecified atom stereocenters. The van der Waals surface area contributed by atoms with E-state index in [1.165, 1.54) is 64.6 Å². The molecule has 0 spiro atoms. The SMILES string of the molecule is CC(C)(C)c1cc(C(C)(C)C)c(O)c(C(C)(C)C)c1.CC1CCC(c2cc(C(C)(C)C)c(O)c(C(C)(C)C)c2)CC1.Cc1cc(C(C)(C)C)c(O)c(C(C)(C)C)c1.Cc1cc(O)c(C(C)(C)C)cc1C(c1cc(C(C)(C)C)c(O)cc1C)C(C)C.Cc1cc(O)c(C(C)(C)C)cc1Cc1cc(C(C)(C)C)c(O)cc1C.Cc1cc(O)c(C(C)(C)C)cc1Sc1cc(C(C)(C)C)c(O)cc1C.[HH]. The Labute approximate surface area is 829 Å². The lowest BCUT2D eigenvalue weighted by atomic mass is 9.74. The molecule has 0 aliphatic heterocycles. The standard InChI is InChI=1S/C26H38O2.C23H32O2.C22H30O2S.C21H34O.C18H30O.C15H24O.H2/c1-15(2)24(18-13-20(25(5,6)7)22(27)11-16(18)3)19-14-21(26(8,9)10)23(28)12-17(19)4;1-14-9-20(24)18(22(3,4)5)12-16(14)11-17-13-19(23(6,7)8)21(25)10-15(17)2;1-13-9-17(23)15(21(3,4)5)11-19(13)25-20-12-16(22(6,7)8)18(24)10-14(20)2;1-14-8-10-15(11-9-14)16-12-17(20(2,3)4)19(22)18(13-16)21(5,6)7;1-16(2,3)12-10-13(17(4,5)6)15(19)14(11-12)18(7,8)9;1-10-8-11(14(2,3)4)13(16)12(9-10)15(5,6)7;/h11-15,24,27-28H,1-10H3;9-10,12-13,24-25H,11H2,1-8H3;9-12,23-24H,1-8H3;12-15,22H,8-11H2,1-7H3;10-11,19H,1-9H3;8-9,16H,1-7H3;1H. The molecule has 1 aliphatic carbocycles. The summed E-state index contributed by atoms with van der Waals surface area (Å²) in [6.45, 7) is 105. The molecule has 9 nitrogen and oxygen atoms in total. The highest BCUT2D eigenvalue weighted by Crippen LogP contribution is 2.51. The fourth-order valence-corrected chi connectivity index (χ4v) is 19.1. The normalized spacial score (nSPS) is 14.6. The predicted molar refractivity (Wildman–Crippen MR) is 585 cm³/mol. The molecule has 0 bridgehead atoms. The molecular formula is C125H190O9S. The third-order valence-electron chi connectivity index (χ3n) is 26.7. The number of phenolic OH excluding ortho intramolecular Hbond substituents is 9. The maximum atomic E-state index is 10.8. The smallest absolute Gasteiger partial charge is 0.123 e. The molecule has 10 heteroatoms. The van der Waals surface area contributed by atoms with E-state index in [0.29, 0.717) is 63.6 Å². The summed E-state index contributed by atoms with van der Waals surface area (Å²) in [5.41, 5.74) is 26.8. The van der Waals surface area contributed by atoms with Crippen LogP contribution >= 0.6 is 11.8 Å². The summed E-state index contributed by atoms with van der Waals surface area (Å²) in [7, 11) is 0. The minimum Gasteiger partial charge on any atom is -0.508 e. The van der Waals surface area contributed by atoms with Gasteiger partial charge in [-0.25, -0.2) is 0 Å². The van der Waals surface area contributed by atoms with Gasteiger partial charge in [0.1, 0.15) is 51.7 Å². The van der Waals surface area contributed by atoms with E-state index in [0.717, 1.165) is 122 Å². The van der Waals surface area contributed by atoms with Gasteiger partial charge >= 0.3 is 0 Å². The average Bonchev–Trinajstić information content (AvgIpc) is 0.763. The quantitative estimate of drug-likeness (QED) is 0.0710. The molecule has 1 aliphatic rings. The first-order chi connectivity index (χ1) is 60.5. The van der Waals surface area contributed by atoms with Crippen molar-refractivity contribution in [2.75, 3.05) is 0 Å². The van der Waals surface area contributed by atoms with Crippen LogP contribution in [0.3, 0.4) is 0 Å².